The highest BCUT2D eigenvalue weighted by Crippen LogP contribution is 2.31. The van der Waals surface area contributed by atoms with E-state index in [1.54, 1.807) is 18.6 Å². The first-order valence-electron chi connectivity index (χ1n) is 11.2. The molecule has 1 amide bonds. The molecule has 0 radical (unpaired) electrons. The topological polar surface area (TPSA) is 104 Å². The van der Waals surface area contributed by atoms with Gasteiger partial charge in [-0.05, 0) is 75.9 Å². The van der Waals surface area contributed by atoms with E-state index in [-0.39, 0.29) is 11.9 Å². The Labute approximate surface area is 206 Å². The zero-order chi connectivity index (χ0) is 24.7. The fourth-order valence-electron chi connectivity index (χ4n) is 3.88. The molecule has 1 aromatic carbocycles. The van der Waals surface area contributed by atoms with Gasteiger partial charge in [-0.3, -0.25) is 4.79 Å². The van der Waals surface area contributed by atoms with Crippen molar-refractivity contribution in [2.45, 2.75) is 43.8 Å². The number of hydrogen-bond acceptors (Lipinski definition) is 7. The lowest BCUT2D eigenvalue weighted by Crippen LogP contribution is -2.13. The zero-order valence-electron chi connectivity index (χ0n) is 20.1. The van der Waals surface area contributed by atoms with Crippen molar-refractivity contribution in [1.29, 1.82) is 0 Å². The molecule has 35 heavy (non-hydrogen) atoms. The predicted molar refractivity (Wildman–Crippen MR) is 135 cm³/mol. The minimum Gasteiger partial charge on any atom is -0.466 e. The largest absolute Gasteiger partial charge is 0.466 e. The Balaban J connectivity index is 1.48. The molecule has 0 saturated carbocycles. The molecule has 0 atom stereocenters. The third kappa shape index (κ3) is 4.44. The van der Waals surface area contributed by atoms with Gasteiger partial charge in [0.2, 0.25) is 0 Å². The summed E-state index contributed by atoms with van der Waals surface area (Å²) < 4.78 is 9.40. The van der Waals surface area contributed by atoms with Crippen LogP contribution in [0, 0.1) is 13.8 Å². The van der Waals surface area contributed by atoms with Crippen LogP contribution in [0.15, 0.2) is 63.4 Å². The van der Waals surface area contributed by atoms with E-state index in [0.29, 0.717) is 28.0 Å². The van der Waals surface area contributed by atoms with Crippen LogP contribution in [0.4, 0.5) is 5.69 Å². The number of amides is 1. The van der Waals surface area contributed by atoms with Crippen LogP contribution in [0.3, 0.4) is 0 Å². The molecule has 10 heteroatoms. The Morgan fingerprint density at radius 1 is 1.14 bits per heavy atom. The molecule has 0 bridgehead atoms. The van der Waals surface area contributed by atoms with Crippen LogP contribution < -0.4 is 5.32 Å². The summed E-state index contributed by atoms with van der Waals surface area (Å²) in [5, 5.41) is 17.0. The first-order chi connectivity index (χ1) is 16.8. The Bertz CT molecular complexity index is 1530. The Morgan fingerprint density at radius 2 is 1.91 bits per heavy atom. The molecule has 178 valence electrons. The fraction of sp³-hybridized carbons (Fsp3) is 0.240. The van der Waals surface area contributed by atoms with E-state index in [9.17, 15) is 4.79 Å². The Kier molecular flexibility index (Phi) is 5.89. The summed E-state index contributed by atoms with van der Waals surface area (Å²) >= 11 is 1.50. The summed E-state index contributed by atoms with van der Waals surface area (Å²) in [5.41, 5.74) is 3.40. The molecule has 4 heterocycles. The fourth-order valence-corrected chi connectivity index (χ4v) is 4.64. The normalized spacial score (nSPS) is 11.5. The summed E-state index contributed by atoms with van der Waals surface area (Å²) in [6, 6.07) is 11.5. The van der Waals surface area contributed by atoms with Gasteiger partial charge >= 0.3 is 0 Å². The Hall–Kier alpha value is -3.92. The first kappa shape index (κ1) is 22.9. The number of aromatic nitrogens is 6. The standard InChI is InChI=1S/C25H25N7O2S/c1-14(2)32-23-21(12-27-32)20(11-22(29-23)19-10-15(3)34-16(19)4)24(33)28-17-6-8-18(9-7-17)35-25-30-26-13-31(25)5/h6-14H,1-5H3,(H,28,33). The third-order valence-electron chi connectivity index (χ3n) is 5.61. The van der Waals surface area contributed by atoms with Crippen molar-refractivity contribution in [3.8, 4) is 11.3 Å². The second-order valence-electron chi connectivity index (χ2n) is 8.61. The number of aryl methyl sites for hydroxylation is 3. The smallest absolute Gasteiger partial charge is 0.256 e. The van der Waals surface area contributed by atoms with Crippen molar-refractivity contribution >= 4 is 34.4 Å². The van der Waals surface area contributed by atoms with Crippen LogP contribution in [-0.2, 0) is 7.05 Å². The quantitative estimate of drug-likeness (QED) is 0.341. The number of pyridine rings is 1. The number of carbonyl (C=O) groups is 1. The SMILES string of the molecule is Cc1cc(-c2cc(C(=O)Nc3ccc(Sc4nncn4C)cc3)c3cnn(C(C)C)c3n2)c(C)o1. The number of anilines is 1. The van der Waals surface area contributed by atoms with E-state index in [2.05, 4.69) is 20.6 Å². The molecule has 0 unspecified atom stereocenters. The molecule has 5 rings (SSSR count). The number of fused-ring (bicyclic) bond motifs is 1. The first-order valence-corrected chi connectivity index (χ1v) is 12.0. The van der Waals surface area contributed by atoms with Gasteiger partial charge in [0.1, 0.15) is 17.8 Å². The number of carbonyl (C=O) groups excluding carboxylic acids is 1. The molecule has 9 nitrogen and oxygen atoms in total. The zero-order valence-corrected chi connectivity index (χ0v) is 20.9. The number of nitrogens with zero attached hydrogens (tertiary/aromatic N) is 6. The van der Waals surface area contributed by atoms with Gasteiger partial charge in [0.05, 0.1) is 22.8 Å². The number of hydrogen-bond donors (Lipinski definition) is 1. The average molecular weight is 488 g/mol. The molecule has 5 aromatic rings. The minimum atomic E-state index is -0.228. The van der Waals surface area contributed by atoms with E-state index < -0.39 is 0 Å². The van der Waals surface area contributed by atoms with Gasteiger partial charge in [0.15, 0.2) is 10.8 Å². The highest BCUT2D eigenvalue weighted by atomic mass is 32.2. The lowest BCUT2D eigenvalue weighted by molar-refractivity contribution is 0.102. The molecule has 0 saturated heterocycles. The van der Waals surface area contributed by atoms with Gasteiger partial charge in [-0.1, -0.05) is 0 Å². The van der Waals surface area contributed by atoms with Crippen LogP contribution >= 0.6 is 11.8 Å². The van der Waals surface area contributed by atoms with E-state index in [4.69, 9.17) is 9.40 Å². The van der Waals surface area contributed by atoms with Gasteiger partial charge in [-0.25, -0.2) is 9.67 Å². The van der Waals surface area contributed by atoms with Crippen LogP contribution in [0.5, 0.6) is 0 Å². The number of benzene rings is 1. The van der Waals surface area contributed by atoms with Crippen molar-refractivity contribution in [2.75, 3.05) is 5.32 Å². The van der Waals surface area contributed by atoms with Crippen LogP contribution in [0.25, 0.3) is 22.3 Å². The highest BCUT2D eigenvalue weighted by Gasteiger charge is 2.20. The summed E-state index contributed by atoms with van der Waals surface area (Å²) in [6.45, 7) is 7.87. The summed E-state index contributed by atoms with van der Waals surface area (Å²) in [5.74, 6) is 1.32. The van der Waals surface area contributed by atoms with Crippen LogP contribution in [0.1, 0.15) is 41.8 Å². The van der Waals surface area contributed by atoms with Gasteiger partial charge < -0.3 is 14.3 Å². The molecular weight excluding hydrogens is 462 g/mol. The van der Waals surface area contributed by atoms with Crippen molar-refractivity contribution < 1.29 is 9.21 Å². The molecule has 0 spiro atoms. The molecule has 0 aliphatic heterocycles. The van der Waals surface area contributed by atoms with Crippen molar-refractivity contribution in [3.63, 3.8) is 0 Å². The number of furan rings is 1. The van der Waals surface area contributed by atoms with Crippen molar-refractivity contribution in [3.05, 3.63) is 66.0 Å². The third-order valence-corrected chi connectivity index (χ3v) is 6.67. The molecular formula is C25H25N7O2S. The molecule has 4 aromatic heterocycles. The number of rotatable bonds is 6. The summed E-state index contributed by atoms with van der Waals surface area (Å²) in [6.07, 6.45) is 3.36. The maximum absolute atomic E-state index is 13.4. The van der Waals surface area contributed by atoms with E-state index in [0.717, 1.165) is 27.1 Å². The minimum absolute atomic E-state index is 0.0947. The molecule has 0 aliphatic carbocycles. The lowest BCUT2D eigenvalue weighted by atomic mass is 10.1. The molecule has 0 fully saturated rings. The van der Waals surface area contributed by atoms with Gasteiger partial charge in [-0.2, -0.15) is 5.10 Å². The summed E-state index contributed by atoms with van der Waals surface area (Å²) in [4.78, 5) is 19.3. The maximum Gasteiger partial charge on any atom is 0.256 e. The van der Waals surface area contributed by atoms with Gasteiger partial charge in [0.25, 0.3) is 5.91 Å². The van der Waals surface area contributed by atoms with Crippen LogP contribution in [-0.4, -0.2) is 35.4 Å². The van der Waals surface area contributed by atoms with E-state index >= 15 is 0 Å². The monoisotopic (exact) mass is 487 g/mol. The number of nitrogens with one attached hydrogen (secondary N) is 1. The van der Waals surface area contributed by atoms with E-state index in [1.165, 1.54) is 11.8 Å². The molecule has 1 N–H and O–H groups in total. The van der Waals surface area contributed by atoms with Crippen LogP contribution in [0.2, 0.25) is 0 Å². The Morgan fingerprint density at radius 3 is 2.54 bits per heavy atom. The molecule has 0 aliphatic rings. The van der Waals surface area contributed by atoms with Gasteiger partial charge in [-0.15, -0.1) is 10.2 Å². The van der Waals surface area contributed by atoms with Gasteiger partial charge in [0, 0.05) is 29.2 Å². The second kappa shape index (κ2) is 9.03. The predicted octanol–water partition coefficient (Wildman–Crippen LogP) is 5.42. The lowest BCUT2D eigenvalue weighted by Gasteiger charge is -2.11. The summed E-state index contributed by atoms with van der Waals surface area (Å²) in [7, 11) is 1.90. The van der Waals surface area contributed by atoms with Crippen molar-refractivity contribution in [2.24, 2.45) is 7.05 Å². The van der Waals surface area contributed by atoms with Crippen molar-refractivity contribution in [1.82, 2.24) is 29.5 Å². The maximum atomic E-state index is 13.4. The average Bonchev–Trinajstić information content (AvgIpc) is 3.52. The highest BCUT2D eigenvalue weighted by molar-refractivity contribution is 7.99. The second-order valence-corrected chi connectivity index (χ2v) is 9.65. The van der Waals surface area contributed by atoms with E-state index in [1.807, 2.05) is 74.3 Å².